The molecule has 0 saturated heterocycles. The largest absolute Gasteiger partial charge is 0.492 e. The fourth-order valence-corrected chi connectivity index (χ4v) is 6.53. The zero-order chi connectivity index (χ0) is 42.6. The third-order valence-electron chi connectivity index (χ3n) is 8.96. The number of fused-ring (bicyclic) bond motifs is 2. The Morgan fingerprint density at radius 1 is 0.593 bits per heavy atom. The third kappa shape index (κ3) is 10.9. The van der Waals surface area contributed by atoms with E-state index in [0.717, 1.165) is 26.5 Å². The molecule has 4 amide bonds. The third-order valence-corrected chi connectivity index (χ3v) is 8.96. The molecule has 0 unspecified atom stereocenters. The summed E-state index contributed by atoms with van der Waals surface area (Å²) in [6.45, 7) is 15.2. The fraction of sp³-hybridized carbons (Fsp3) is 0.319. The number of imide groups is 2. The lowest BCUT2D eigenvalue weighted by atomic mass is 9.99. The van der Waals surface area contributed by atoms with E-state index in [0.29, 0.717) is 65.8 Å². The molecule has 59 heavy (non-hydrogen) atoms. The summed E-state index contributed by atoms with van der Waals surface area (Å²) in [4.78, 5) is 73.2. The van der Waals surface area contributed by atoms with Gasteiger partial charge in [0.05, 0.1) is 30.0 Å². The number of rotatable bonds is 12. The van der Waals surface area contributed by atoms with Gasteiger partial charge in [-0.15, -0.1) is 0 Å². The quantitative estimate of drug-likeness (QED) is 0.0591. The summed E-state index contributed by atoms with van der Waals surface area (Å²) in [6.07, 6.45) is 0.191. The predicted molar refractivity (Wildman–Crippen MR) is 228 cm³/mol. The molecule has 312 valence electrons. The van der Waals surface area contributed by atoms with Crippen molar-refractivity contribution in [1.82, 2.24) is 0 Å². The highest BCUT2D eigenvalue weighted by Gasteiger charge is 2.39. The van der Waals surface area contributed by atoms with Gasteiger partial charge in [0.2, 0.25) is 17.7 Å². The summed E-state index contributed by atoms with van der Waals surface area (Å²) >= 11 is 0. The topological polar surface area (TPSA) is 146 Å². The van der Waals surface area contributed by atoms with Crippen molar-refractivity contribution in [3.63, 3.8) is 0 Å². The van der Waals surface area contributed by atoms with Gasteiger partial charge >= 0.3 is 5.97 Å². The van der Waals surface area contributed by atoms with Crippen LogP contribution in [0.25, 0.3) is 11.3 Å². The van der Waals surface area contributed by atoms with Crippen LogP contribution < -0.4 is 9.80 Å². The van der Waals surface area contributed by atoms with Gasteiger partial charge in [0.15, 0.2) is 11.6 Å². The Balaban J connectivity index is 0.000000246. The Hall–Kier alpha value is -6.08. The van der Waals surface area contributed by atoms with Crippen molar-refractivity contribution in [2.24, 2.45) is 0 Å². The first-order valence-corrected chi connectivity index (χ1v) is 19.1. The standard InChI is InChI=1S/C21H19NO4.C13H20O3.C12H11NO3.CH4/c1-4-26-20(15-8-6-5-7-9-15)19-17-12-16(13(2)23)10-11-18(17)22(14(3)24)21(19)25;1-4-14-13(15-5-2,16-6-3)12-10-8-7-9-11-12;1-7(14)9-3-4-11-10(5-9)6-12(16)13(11)8(2)15;/h5-12H,4H2,1-3H3;7-11H,4-6H2,1-3H3;3-5H,6H2,1-2H3;1H4/b20-19-;;;. The smallest absolute Gasteiger partial charge is 0.311 e. The summed E-state index contributed by atoms with van der Waals surface area (Å²) in [5.41, 5.74) is 5.31. The summed E-state index contributed by atoms with van der Waals surface area (Å²) in [7, 11) is 0. The molecule has 0 bridgehead atoms. The average molecular weight is 807 g/mol. The van der Waals surface area contributed by atoms with Crippen LogP contribution in [0.1, 0.15) is 106 Å². The first-order chi connectivity index (χ1) is 27.7. The van der Waals surface area contributed by atoms with Gasteiger partial charge in [-0.05, 0) is 83.5 Å². The van der Waals surface area contributed by atoms with Crippen molar-refractivity contribution in [1.29, 1.82) is 0 Å². The van der Waals surface area contributed by atoms with Gasteiger partial charge in [0.25, 0.3) is 5.91 Å². The van der Waals surface area contributed by atoms with Crippen molar-refractivity contribution in [3.8, 4) is 0 Å². The Bertz CT molecular complexity index is 2160. The maximum Gasteiger partial charge on any atom is 0.311 e. The summed E-state index contributed by atoms with van der Waals surface area (Å²) < 4.78 is 22.8. The zero-order valence-electron chi connectivity index (χ0n) is 34.3. The van der Waals surface area contributed by atoms with Gasteiger partial charge in [0.1, 0.15) is 5.76 Å². The molecular formula is C47H54N2O10. The normalized spacial score (nSPS) is 13.5. The van der Waals surface area contributed by atoms with E-state index in [9.17, 15) is 28.8 Å². The summed E-state index contributed by atoms with van der Waals surface area (Å²) in [5.74, 6) is -2.16. The minimum absolute atomic E-state index is 0. The number of carbonyl (C=O) groups excluding carboxylic acids is 6. The molecule has 0 aromatic heterocycles. The molecule has 12 heteroatoms. The second-order valence-corrected chi connectivity index (χ2v) is 13.0. The van der Waals surface area contributed by atoms with Crippen molar-refractivity contribution in [2.45, 2.75) is 75.2 Å². The minimum Gasteiger partial charge on any atom is -0.492 e. The molecule has 2 aliphatic rings. The monoisotopic (exact) mass is 806 g/mol. The van der Waals surface area contributed by atoms with Gasteiger partial charge in [-0.25, -0.2) is 4.90 Å². The molecule has 0 spiro atoms. The maximum atomic E-state index is 13.1. The zero-order valence-corrected chi connectivity index (χ0v) is 34.3. The van der Waals surface area contributed by atoms with Crippen molar-refractivity contribution < 1.29 is 47.7 Å². The van der Waals surface area contributed by atoms with Gasteiger partial charge < -0.3 is 18.9 Å². The highest BCUT2D eigenvalue weighted by Crippen LogP contribution is 2.42. The molecular weight excluding hydrogens is 753 g/mol. The van der Waals surface area contributed by atoms with Crippen LogP contribution in [-0.2, 0) is 50.5 Å². The Morgan fingerprint density at radius 3 is 1.56 bits per heavy atom. The second-order valence-electron chi connectivity index (χ2n) is 13.0. The lowest BCUT2D eigenvalue weighted by Gasteiger charge is -2.32. The van der Waals surface area contributed by atoms with Gasteiger partial charge in [-0.3, -0.25) is 33.7 Å². The first kappa shape index (κ1) is 47.3. The van der Waals surface area contributed by atoms with Crippen LogP contribution >= 0.6 is 0 Å². The van der Waals surface area contributed by atoms with Gasteiger partial charge in [-0.1, -0.05) is 68.1 Å². The number of amides is 4. The molecule has 0 saturated carbocycles. The Kier molecular flexibility index (Phi) is 17.3. The molecule has 4 aromatic carbocycles. The van der Waals surface area contributed by atoms with E-state index in [1.807, 2.05) is 88.4 Å². The van der Waals surface area contributed by atoms with Crippen LogP contribution in [0, 0.1) is 0 Å². The molecule has 0 aliphatic carbocycles. The van der Waals surface area contributed by atoms with E-state index < -0.39 is 11.9 Å². The van der Waals surface area contributed by atoms with Crippen LogP contribution in [0.4, 0.5) is 11.4 Å². The van der Waals surface area contributed by atoms with Crippen molar-refractivity contribution >= 4 is 57.9 Å². The van der Waals surface area contributed by atoms with Crippen molar-refractivity contribution in [3.05, 3.63) is 130 Å². The molecule has 0 N–H and O–H groups in total. The molecule has 12 nitrogen and oxygen atoms in total. The average Bonchev–Trinajstić information content (AvgIpc) is 3.70. The lowest BCUT2D eigenvalue weighted by Crippen LogP contribution is -2.36. The molecule has 2 aliphatic heterocycles. The van der Waals surface area contributed by atoms with Crippen LogP contribution in [0.2, 0.25) is 0 Å². The van der Waals surface area contributed by atoms with Crippen LogP contribution in [-0.4, -0.2) is 61.6 Å². The maximum absolute atomic E-state index is 13.1. The number of Topliss-reactive ketones (excluding diaryl/α,β-unsaturated/α-hetero) is 2. The van der Waals surface area contributed by atoms with Crippen LogP contribution in [0.5, 0.6) is 0 Å². The summed E-state index contributed by atoms with van der Waals surface area (Å²) in [6, 6.07) is 28.9. The van der Waals surface area contributed by atoms with E-state index in [4.69, 9.17) is 18.9 Å². The van der Waals surface area contributed by atoms with Crippen molar-refractivity contribution in [2.75, 3.05) is 36.2 Å². The predicted octanol–water partition coefficient (Wildman–Crippen LogP) is 8.55. The van der Waals surface area contributed by atoms with Gasteiger partial charge in [0, 0.05) is 61.5 Å². The second kappa shape index (κ2) is 21.6. The highest BCUT2D eigenvalue weighted by atomic mass is 16.9. The SMILES string of the molecule is C.CC(=O)c1ccc2c(c1)CC(=O)N2C(C)=O.CCO/C(=C1\C(=O)N(C(C)=O)c2ccc(C(C)=O)cc21)c1ccccc1.CCOC(OCC)(OCC)c1ccccc1. The number of anilines is 2. The number of nitrogens with zero attached hydrogens (tertiary/aromatic N) is 2. The fourth-order valence-electron chi connectivity index (χ4n) is 6.53. The molecule has 0 radical (unpaired) electrons. The van der Waals surface area contributed by atoms with E-state index >= 15 is 0 Å². The van der Waals surface area contributed by atoms with Crippen LogP contribution in [0.15, 0.2) is 97.1 Å². The van der Waals surface area contributed by atoms with E-state index in [1.54, 1.807) is 36.4 Å². The minimum atomic E-state index is -1.06. The van der Waals surface area contributed by atoms with Crippen LogP contribution in [0.3, 0.4) is 0 Å². The number of hydrogen-bond donors (Lipinski definition) is 0. The molecule has 4 aromatic rings. The molecule has 0 atom stereocenters. The Morgan fingerprint density at radius 2 is 1.08 bits per heavy atom. The van der Waals surface area contributed by atoms with E-state index in [2.05, 4.69) is 0 Å². The van der Waals surface area contributed by atoms with Gasteiger partial charge in [-0.2, -0.15) is 0 Å². The lowest BCUT2D eigenvalue weighted by molar-refractivity contribution is -0.389. The number of benzene rings is 4. The number of ketones is 2. The summed E-state index contributed by atoms with van der Waals surface area (Å²) in [5, 5.41) is 0. The molecule has 0 fully saturated rings. The van der Waals surface area contributed by atoms with E-state index in [1.165, 1.54) is 27.7 Å². The number of carbonyl (C=O) groups is 6. The Labute approximate surface area is 346 Å². The first-order valence-electron chi connectivity index (χ1n) is 19.1. The number of hydrogen-bond acceptors (Lipinski definition) is 10. The molecule has 6 rings (SSSR count). The molecule has 2 heterocycles. The van der Waals surface area contributed by atoms with E-state index in [-0.39, 0.29) is 43.1 Å². The highest BCUT2D eigenvalue weighted by molar-refractivity contribution is 6.43. The number of ether oxygens (including phenoxy) is 4.